The Morgan fingerprint density at radius 1 is 1.11 bits per heavy atom. The van der Waals surface area contributed by atoms with Crippen molar-refractivity contribution >= 4 is 39.0 Å². The third kappa shape index (κ3) is 5.33. The molecule has 0 amide bonds. The molecule has 0 saturated heterocycles. The molecule has 10 heteroatoms. The SMILES string of the molecule is CCOc1cc(C=Nn2c(=O)[nH]c3ccccc3c2=O)cc(Br)c1OCc1ccc(C(=O)O)cc1. The third-order valence-corrected chi connectivity index (χ3v) is 5.61. The number of para-hydroxylation sites is 1. The lowest BCUT2D eigenvalue weighted by molar-refractivity contribution is 0.0697. The molecule has 0 saturated carbocycles. The lowest BCUT2D eigenvalue weighted by Crippen LogP contribution is -2.32. The molecule has 0 spiro atoms. The average molecular weight is 538 g/mol. The predicted molar refractivity (Wildman–Crippen MR) is 135 cm³/mol. The minimum Gasteiger partial charge on any atom is -0.490 e. The van der Waals surface area contributed by atoms with E-state index in [1.165, 1.54) is 18.3 Å². The monoisotopic (exact) mass is 537 g/mol. The molecule has 9 nitrogen and oxygen atoms in total. The van der Waals surface area contributed by atoms with Crippen molar-refractivity contribution in [1.82, 2.24) is 9.66 Å². The van der Waals surface area contributed by atoms with Crippen LogP contribution in [0.25, 0.3) is 10.9 Å². The van der Waals surface area contributed by atoms with E-state index in [0.29, 0.717) is 39.0 Å². The van der Waals surface area contributed by atoms with Crippen molar-refractivity contribution in [1.29, 1.82) is 0 Å². The number of halogens is 1. The number of hydrogen-bond donors (Lipinski definition) is 2. The highest BCUT2D eigenvalue weighted by Crippen LogP contribution is 2.37. The molecule has 0 atom stereocenters. The van der Waals surface area contributed by atoms with Gasteiger partial charge >= 0.3 is 11.7 Å². The number of hydrogen-bond acceptors (Lipinski definition) is 6. The summed E-state index contributed by atoms with van der Waals surface area (Å²) in [6.45, 7) is 2.39. The third-order valence-electron chi connectivity index (χ3n) is 5.02. The predicted octanol–water partition coefficient (Wildman–Crippen LogP) is 4.01. The Balaban J connectivity index is 1.61. The van der Waals surface area contributed by atoms with Crippen LogP contribution in [0.2, 0.25) is 0 Å². The molecule has 1 heterocycles. The molecule has 35 heavy (non-hydrogen) atoms. The van der Waals surface area contributed by atoms with Gasteiger partial charge in [-0.15, -0.1) is 4.68 Å². The summed E-state index contributed by atoms with van der Waals surface area (Å²) >= 11 is 3.48. The minimum absolute atomic E-state index is 0.188. The van der Waals surface area contributed by atoms with Gasteiger partial charge in [-0.2, -0.15) is 5.10 Å². The lowest BCUT2D eigenvalue weighted by Gasteiger charge is -2.15. The van der Waals surface area contributed by atoms with Crippen LogP contribution in [0.4, 0.5) is 0 Å². The fourth-order valence-corrected chi connectivity index (χ4v) is 3.92. The Hall–Kier alpha value is -4.18. The maximum absolute atomic E-state index is 12.7. The van der Waals surface area contributed by atoms with Crippen LogP contribution < -0.4 is 20.7 Å². The van der Waals surface area contributed by atoms with Crippen LogP contribution in [0, 0.1) is 0 Å². The Bertz CT molecular complexity index is 1540. The number of aromatic amines is 1. The molecule has 2 N–H and O–H groups in total. The molecule has 1 aromatic heterocycles. The zero-order chi connectivity index (χ0) is 24.9. The van der Waals surface area contributed by atoms with Crippen LogP contribution in [0.5, 0.6) is 11.5 Å². The van der Waals surface area contributed by atoms with Crippen LogP contribution in [0.1, 0.15) is 28.4 Å². The quantitative estimate of drug-likeness (QED) is 0.327. The maximum Gasteiger partial charge on any atom is 0.349 e. The van der Waals surface area contributed by atoms with E-state index >= 15 is 0 Å². The van der Waals surface area contributed by atoms with Crippen LogP contribution in [0.3, 0.4) is 0 Å². The van der Waals surface area contributed by atoms with Crippen molar-refractivity contribution in [3.05, 3.63) is 103 Å². The fraction of sp³-hybridized carbons (Fsp3) is 0.120. The zero-order valence-electron chi connectivity index (χ0n) is 18.5. The van der Waals surface area contributed by atoms with E-state index in [-0.39, 0.29) is 12.2 Å². The van der Waals surface area contributed by atoms with Crippen molar-refractivity contribution in [2.75, 3.05) is 6.61 Å². The number of fused-ring (bicyclic) bond motifs is 1. The van der Waals surface area contributed by atoms with E-state index in [9.17, 15) is 14.4 Å². The van der Waals surface area contributed by atoms with Gasteiger partial charge in [-0.1, -0.05) is 24.3 Å². The Morgan fingerprint density at radius 3 is 2.57 bits per heavy atom. The van der Waals surface area contributed by atoms with Crippen molar-refractivity contribution in [3.63, 3.8) is 0 Å². The summed E-state index contributed by atoms with van der Waals surface area (Å²) in [5, 5.41) is 13.5. The highest BCUT2D eigenvalue weighted by Gasteiger charge is 2.13. The number of aromatic nitrogens is 2. The molecule has 0 unspecified atom stereocenters. The van der Waals surface area contributed by atoms with Gasteiger partial charge in [-0.25, -0.2) is 9.59 Å². The summed E-state index contributed by atoms with van der Waals surface area (Å²) in [6, 6.07) is 16.5. The number of nitrogens with zero attached hydrogens (tertiary/aromatic N) is 2. The minimum atomic E-state index is -0.996. The number of H-pyrrole nitrogens is 1. The topological polar surface area (TPSA) is 123 Å². The summed E-state index contributed by atoms with van der Waals surface area (Å²) < 4.78 is 13.0. The van der Waals surface area contributed by atoms with E-state index in [1.54, 1.807) is 48.5 Å². The molecule has 0 radical (unpaired) electrons. The molecule has 0 aliphatic rings. The summed E-state index contributed by atoms with van der Waals surface area (Å²) in [7, 11) is 0. The average Bonchev–Trinajstić information content (AvgIpc) is 2.84. The first-order valence-corrected chi connectivity index (χ1v) is 11.4. The Kier molecular flexibility index (Phi) is 7.11. The van der Waals surface area contributed by atoms with Gasteiger partial charge in [0.25, 0.3) is 5.56 Å². The molecular weight excluding hydrogens is 518 g/mol. The molecule has 4 aromatic rings. The summed E-state index contributed by atoms with van der Waals surface area (Å²) in [4.78, 5) is 38.7. The van der Waals surface area contributed by atoms with Gasteiger partial charge in [0.2, 0.25) is 0 Å². The number of benzene rings is 3. The fourth-order valence-electron chi connectivity index (χ4n) is 3.35. The summed E-state index contributed by atoms with van der Waals surface area (Å²) in [6.07, 6.45) is 1.38. The second-order valence-corrected chi connectivity index (χ2v) is 8.25. The first-order chi connectivity index (χ1) is 16.9. The molecule has 178 valence electrons. The van der Waals surface area contributed by atoms with Crippen LogP contribution in [-0.4, -0.2) is 33.6 Å². The van der Waals surface area contributed by atoms with Crippen molar-refractivity contribution in [2.24, 2.45) is 5.10 Å². The maximum atomic E-state index is 12.7. The Morgan fingerprint density at radius 2 is 1.86 bits per heavy atom. The van der Waals surface area contributed by atoms with Crippen LogP contribution in [0.15, 0.2) is 79.8 Å². The van der Waals surface area contributed by atoms with Crippen molar-refractivity contribution in [2.45, 2.75) is 13.5 Å². The molecule has 3 aromatic carbocycles. The van der Waals surface area contributed by atoms with E-state index in [4.69, 9.17) is 14.6 Å². The highest BCUT2D eigenvalue weighted by molar-refractivity contribution is 9.10. The van der Waals surface area contributed by atoms with Gasteiger partial charge in [0.1, 0.15) is 6.61 Å². The second-order valence-electron chi connectivity index (χ2n) is 7.39. The summed E-state index contributed by atoms with van der Waals surface area (Å²) in [5.41, 5.74) is 0.802. The van der Waals surface area contributed by atoms with Crippen molar-refractivity contribution in [3.8, 4) is 11.5 Å². The molecule has 4 rings (SSSR count). The number of aromatic carboxylic acids is 1. The Labute approximate surface area is 207 Å². The van der Waals surface area contributed by atoms with Gasteiger partial charge in [0, 0.05) is 0 Å². The van der Waals surface area contributed by atoms with E-state index in [1.807, 2.05) is 6.92 Å². The highest BCUT2D eigenvalue weighted by atomic mass is 79.9. The number of carboxylic acids is 1. The standard InChI is InChI=1S/C25H20BrN3O6/c1-2-34-21-12-16(13-27-29-23(30)18-5-3-4-6-20(18)28-25(29)33)11-19(26)22(21)35-14-15-7-9-17(10-8-15)24(31)32/h3-13H,2,14H2,1H3,(H,28,33)(H,31,32). The first kappa shape index (κ1) is 24.0. The van der Waals surface area contributed by atoms with Gasteiger partial charge in [-0.05, 0) is 70.4 Å². The molecule has 0 fully saturated rings. The second kappa shape index (κ2) is 10.4. The largest absolute Gasteiger partial charge is 0.490 e. The van der Waals surface area contributed by atoms with Gasteiger partial charge in [0.05, 0.1) is 33.8 Å². The number of ether oxygens (including phenoxy) is 2. The number of carbonyl (C=O) groups is 1. The van der Waals surface area contributed by atoms with Crippen molar-refractivity contribution < 1.29 is 19.4 Å². The summed E-state index contributed by atoms with van der Waals surface area (Å²) in [5.74, 6) is -0.110. The normalized spacial score (nSPS) is 11.1. The molecule has 0 bridgehead atoms. The first-order valence-electron chi connectivity index (χ1n) is 10.6. The van der Waals surface area contributed by atoms with E-state index in [0.717, 1.165) is 10.2 Å². The molecule has 0 aliphatic heterocycles. The van der Waals surface area contributed by atoms with E-state index in [2.05, 4.69) is 26.0 Å². The van der Waals surface area contributed by atoms with Crippen LogP contribution in [-0.2, 0) is 6.61 Å². The number of rotatable bonds is 8. The van der Waals surface area contributed by atoms with Gasteiger partial charge in [0.15, 0.2) is 11.5 Å². The molecular formula is C25H20BrN3O6. The smallest absolute Gasteiger partial charge is 0.349 e. The number of carboxylic acid groups (broad SMARTS) is 1. The van der Waals surface area contributed by atoms with Gasteiger partial charge in [-0.3, -0.25) is 4.79 Å². The lowest BCUT2D eigenvalue weighted by atomic mass is 10.1. The zero-order valence-corrected chi connectivity index (χ0v) is 20.1. The molecule has 0 aliphatic carbocycles. The van der Waals surface area contributed by atoms with E-state index < -0.39 is 17.2 Å². The van der Waals surface area contributed by atoms with Crippen LogP contribution >= 0.6 is 15.9 Å². The van der Waals surface area contributed by atoms with Gasteiger partial charge < -0.3 is 19.6 Å². The number of nitrogens with one attached hydrogen (secondary N) is 1.